The first-order valence-corrected chi connectivity index (χ1v) is 4.08. The van der Waals surface area contributed by atoms with Gasteiger partial charge in [-0.05, 0) is 20.8 Å². The minimum Gasteiger partial charge on any atom is -0.384 e. The lowest BCUT2D eigenvalue weighted by Gasteiger charge is -2.22. The van der Waals surface area contributed by atoms with E-state index in [4.69, 9.17) is 9.47 Å². The van der Waals surface area contributed by atoms with Crippen molar-refractivity contribution in [1.29, 1.82) is 0 Å². The SMILES string of the molecule is COCC(C)COC(C)(C)C. The summed E-state index contributed by atoms with van der Waals surface area (Å²) in [7, 11) is 1.72. The molecular weight excluding hydrogens is 140 g/mol. The van der Waals surface area contributed by atoms with Crippen LogP contribution in [0.4, 0.5) is 0 Å². The summed E-state index contributed by atoms with van der Waals surface area (Å²) in [5.74, 6) is 0.485. The highest BCUT2D eigenvalue weighted by molar-refractivity contribution is 4.60. The summed E-state index contributed by atoms with van der Waals surface area (Å²) in [6.45, 7) is 9.86. The molecule has 0 amide bonds. The van der Waals surface area contributed by atoms with Gasteiger partial charge in [-0.3, -0.25) is 0 Å². The molecule has 0 saturated carbocycles. The topological polar surface area (TPSA) is 18.5 Å². The number of methoxy groups -OCH3 is 1. The van der Waals surface area contributed by atoms with Gasteiger partial charge in [0.2, 0.25) is 0 Å². The number of hydrogen-bond donors (Lipinski definition) is 0. The molecule has 1 unspecified atom stereocenters. The van der Waals surface area contributed by atoms with E-state index in [-0.39, 0.29) is 5.60 Å². The summed E-state index contributed by atoms with van der Waals surface area (Å²) < 4.78 is 10.6. The fourth-order valence-electron chi connectivity index (χ4n) is 0.725. The van der Waals surface area contributed by atoms with Crippen molar-refractivity contribution in [1.82, 2.24) is 0 Å². The van der Waals surface area contributed by atoms with E-state index in [0.717, 1.165) is 13.2 Å². The molecule has 68 valence electrons. The molecule has 0 rings (SSSR count). The van der Waals surface area contributed by atoms with Crippen molar-refractivity contribution >= 4 is 0 Å². The van der Waals surface area contributed by atoms with Crippen molar-refractivity contribution in [3.8, 4) is 0 Å². The molecular formula is C9H20O2. The van der Waals surface area contributed by atoms with Gasteiger partial charge in [0.25, 0.3) is 0 Å². The average Bonchev–Trinajstić information content (AvgIpc) is 1.83. The zero-order chi connectivity index (χ0) is 8.91. The molecule has 11 heavy (non-hydrogen) atoms. The smallest absolute Gasteiger partial charge is 0.0598 e. The van der Waals surface area contributed by atoms with E-state index >= 15 is 0 Å². The molecule has 0 heterocycles. The molecule has 0 aliphatic carbocycles. The number of ether oxygens (including phenoxy) is 2. The van der Waals surface area contributed by atoms with Crippen LogP contribution in [-0.4, -0.2) is 25.9 Å². The fraction of sp³-hybridized carbons (Fsp3) is 1.00. The molecule has 0 aromatic heterocycles. The highest BCUT2D eigenvalue weighted by Crippen LogP contribution is 2.09. The van der Waals surface area contributed by atoms with Crippen LogP contribution in [0.15, 0.2) is 0 Å². The summed E-state index contributed by atoms with van der Waals surface area (Å²) in [6, 6.07) is 0. The summed E-state index contributed by atoms with van der Waals surface area (Å²) in [5.41, 5.74) is -0.0258. The first-order chi connectivity index (χ1) is 4.95. The highest BCUT2D eigenvalue weighted by Gasteiger charge is 2.11. The average molecular weight is 160 g/mol. The van der Waals surface area contributed by atoms with Gasteiger partial charge in [-0.15, -0.1) is 0 Å². The molecule has 0 spiro atoms. The first-order valence-electron chi connectivity index (χ1n) is 4.08. The normalized spacial score (nSPS) is 15.0. The van der Waals surface area contributed by atoms with Crippen LogP contribution in [0.1, 0.15) is 27.7 Å². The van der Waals surface area contributed by atoms with Crippen molar-refractivity contribution in [2.45, 2.75) is 33.3 Å². The number of rotatable bonds is 4. The molecule has 0 aromatic carbocycles. The highest BCUT2D eigenvalue weighted by atomic mass is 16.5. The molecule has 0 bridgehead atoms. The second-order valence-corrected chi connectivity index (χ2v) is 3.98. The molecule has 2 heteroatoms. The predicted molar refractivity (Wildman–Crippen MR) is 46.7 cm³/mol. The molecule has 0 saturated heterocycles. The van der Waals surface area contributed by atoms with Crippen LogP contribution < -0.4 is 0 Å². The lowest BCUT2D eigenvalue weighted by Crippen LogP contribution is -2.24. The summed E-state index contributed by atoms with van der Waals surface area (Å²) in [5, 5.41) is 0. The zero-order valence-electron chi connectivity index (χ0n) is 8.31. The zero-order valence-corrected chi connectivity index (χ0v) is 8.31. The van der Waals surface area contributed by atoms with E-state index < -0.39 is 0 Å². The van der Waals surface area contributed by atoms with Crippen LogP contribution >= 0.6 is 0 Å². The van der Waals surface area contributed by atoms with Gasteiger partial charge in [-0.2, -0.15) is 0 Å². The lowest BCUT2D eigenvalue weighted by atomic mass is 10.1. The van der Waals surface area contributed by atoms with Crippen LogP contribution in [0, 0.1) is 5.92 Å². The van der Waals surface area contributed by atoms with E-state index in [1.165, 1.54) is 0 Å². The largest absolute Gasteiger partial charge is 0.384 e. The Hall–Kier alpha value is -0.0800. The van der Waals surface area contributed by atoms with Gasteiger partial charge in [0.15, 0.2) is 0 Å². The van der Waals surface area contributed by atoms with E-state index in [2.05, 4.69) is 27.7 Å². The molecule has 1 atom stereocenters. The molecule has 0 aliphatic rings. The second kappa shape index (κ2) is 4.73. The van der Waals surface area contributed by atoms with E-state index in [1.54, 1.807) is 7.11 Å². The van der Waals surface area contributed by atoms with Gasteiger partial charge in [0.05, 0.1) is 18.8 Å². The van der Waals surface area contributed by atoms with Gasteiger partial charge in [0.1, 0.15) is 0 Å². The number of hydrogen-bond acceptors (Lipinski definition) is 2. The van der Waals surface area contributed by atoms with Crippen molar-refractivity contribution in [2.75, 3.05) is 20.3 Å². The minimum atomic E-state index is -0.0258. The third-order valence-electron chi connectivity index (χ3n) is 1.25. The quantitative estimate of drug-likeness (QED) is 0.627. The first kappa shape index (κ1) is 10.9. The van der Waals surface area contributed by atoms with Crippen molar-refractivity contribution in [3.63, 3.8) is 0 Å². The van der Waals surface area contributed by atoms with Gasteiger partial charge < -0.3 is 9.47 Å². The van der Waals surface area contributed by atoms with Crippen LogP contribution in [0.25, 0.3) is 0 Å². The van der Waals surface area contributed by atoms with Crippen LogP contribution in [0.2, 0.25) is 0 Å². The van der Waals surface area contributed by atoms with E-state index in [9.17, 15) is 0 Å². The van der Waals surface area contributed by atoms with Crippen molar-refractivity contribution < 1.29 is 9.47 Å². The monoisotopic (exact) mass is 160 g/mol. The molecule has 0 fully saturated rings. The van der Waals surface area contributed by atoms with Gasteiger partial charge in [-0.1, -0.05) is 6.92 Å². The Morgan fingerprint density at radius 3 is 2.09 bits per heavy atom. The lowest BCUT2D eigenvalue weighted by molar-refractivity contribution is -0.0310. The third-order valence-corrected chi connectivity index (χ3v) is 1.25. The maximum absolute atomic E-state index is 5.56. The fourth-order valence-corrected chi connectivity index (χ4v) is 0.725. The Bertz CT molecular complexity index is 94.2. The Kier molecular flexibility index (Phi) is 4.69. The summed E-state index contributed by atoms with van der Waals surface area (Å²) in [4.78, 5) is 0. The Balaban J connectivity index is 3.38. The molecule has 0 N–H and O–H groups in total. The summed E-state index contributed by atoms with van der Waals surface area (Å²) >= 11 is 0. The molecule has 0 aliphatic heterocycles. The molecule has 2 nitrogen and oxygen atoms in total. The van der Waals surface area contributed by atoms with E-state index in [1.807, 2.05) is 0 Å². The van der Waals surface area contributed by atoms with Crippen molar-refractivity contribution in [3.05, 3.63) is 0 Å². The second-order valence-electron chi connectivity index (χ2n) is 3.98. The maximum Gasteiger partial charge on any atom is 0.0598 e. The predicted octanol–water partition coefficient (Wildman–Crippen LogP) is 2.08. The van der Waals surface area contributed by atoms with Crippen molar-refractivity contribution in [2.24, 2.45) is 5.92 Å². The Morgan fingerprint density at radius 1 is 1.18 bits per heavy atom. The van der Waals surface area contributed by atoms with Gasteiger partial charge in [0, 0.05) is 13.0 Å². The summed E-state index contributed by atoms with van der Waals surface area (Å²) in [6.07, 6.45) is 0. The third kappa shape index (κ3) is 7.82. The maximum atomic E-state index is 5.56. The van der Waals surface area contributed by atoms with E-state index in [0.29, 0.717) is 5.92 Å². The van der Waals surface area contributed by atoms with Crippen LogP contribution in [-0.2, 0) is 9.47 Å². The van der Waals surface area contributed by atoms with Crippen LogP contribution in [0.5, 0.6) is 0 Å². The van der Waals surface area contributed by atoms with Gasteiger partial charge in [-0.25, -0.2) is 0 Å². The molecule has 0 radical (unpaired) electrons. The Morgan fingerprint density at radius 2 is 1.73 bits per heavy atom. The standard InChI is InChI=1S/C9H20O2/c1-8(6-10-5)7-11-9(2,3)4/h8H,6-7H2,1-5H3. The Labute approximate surface area is 69.9 Å². The minimum absolute atomic E-state index is 0.0258. The molecule has 0 aromatic rings. The van der Waals surface area contributed by atoms with Crippen LogP contribution in [0.3, 0.4) is 0 Å². The van der Waals surface area contributed by atoms with Gasteiger partial charge >= 0.3 is 0 Å².